The number of fused-ring (bicyclic) bond motifs is 3. The molecule has 122 valence electrons. The number of aryl methyl sites for hydroxylation is 1. The van der Waals surface area contributed by atoms with Crippen molar-refractivity contribution >= 4 is 34.1 Å². The number of aromatic nitrogens is 1. The number of benzene rings is 2. The lowest BCUT2D eigenvalue weighted by Crippen LogP contribution is -2.11. The highest BCUT2D eigenvalue weighted by molar-refractivity contribution is 6.31. The SMILES string of the molecule is NC(=O)c1ccc2c3c(n(Cc4ccc(N)cc4Cl)c2c1)CCC3. The zero-order valence-corrected chi connectivity index (χ0v) is 13.9. The number of nitrogens with two attached hydrogens (primary N) is 2. The third-order valence-electron chi connectivity index (χ3n) is 4.82. The second-order valence-electron chi connectivity index (χ2n) is 6.31. The Bertz CT molecular complexity index is 974. The van der Waals surface area contributed by atoms with Crippen molar-refractivity contribution in [3.05, 3.63) is 63.8 Å². The van der Waals surface area contributed by atoms with Crippen LogP contribution in [0.4, 0.5) is 5.69 Å². The molecule has 1 amide bonds. The Hall–Kier alpha value is -2.46. The van der Waals surface area contributed by atoms with E-state index in [4.69, 9.17) is 23.1 Å². The van der Waals surface area contributed by atoms with E-state index < -0.39 is 5.91 Å². The molecule has 0 atom stereocenters. The summed E-state index contributed by atoms with van der Waals surface area (Å²) in [6.07, 6.45) is 3.28. The first-order valence-corrected chi connectivity index (χ1v) is 8.40. The lowest BCUT2D eigenvalue weighted by Gasteiger charge is -2.12. The molecular formula is C19H18ClN3O. The van der Waals surface area contributed by atoms with Gasteiger partial charge in [-0.1, -0.05) is 23.7 Å². The molecule has 1 aliphatic carbocycles. The Morgan fingerprint density at radius 1 is 1.17 bits per heavy atom. The van der Waals surface area contributed by atoms with Crippen molar-refractivity contribution in [1.82, 2.24) is 4.57 Å². The van der Waals surface area contributed by atoms with Gasteiger partial charge in [0.2, 0.25) is 5.91 Å². The highest BCUT2D eigenvalue weighted by Gasteiger charge is 2.22. The van der Waals surface area contributed by atoms with Crippen molar-refractivity contribution in [2.45, 2.75) is 25.8 Å². The minimum absolute atomic E-state index is 0.407. The number of primary amides is 1. The van der Waals surface area contributed by atoms with Gasteiger partial charge in [0.1, 0.15) is 0 Å². The number of amides is 1. The van der Waals surface area contributed by atoms with E-state index in [1.165, 1.54) is 16.6 Å². The number of carbonyl (C=O) groups is 1. The quantitative estimate of drug-likeness (QED) is 0.716. The van der Waals surface area contributed by atoms with Gasteiger partial charge in [0.15, 0.2) is 0 Å². The van der Waals surface area contributed by atoms with Gasteiger partial charge < -0.3 is 16.0 Å². The number of hydrogen-bond acceptors (Lipinski definition) is 2. The van der Waals surface area contributed by atoms with Gasteiger partial charge >= 0.3 is 0 Å². The number of nitrogen functional groups attached to an aromatic ring is 1. The fraction of sp³-hybridized carbons (Fsp3) is 0.211. The zero-order chi connectivity index (χ0) is 16.8. The average molecular weight is 340 g/mol. The molecule has 0 fully saturated rings. The second kappa shape index (κ2) is 5.56. The lowest BCUT2D eigenvalue weighted by atomic mass is 10.1. The first kappa shape index (κ1) is 15.1. The van der Waals surface area contributed by atoms with Gasteiger partial charge in [0.05, 0.1) is 0 Å². The van der Waals surface area contributed by atoms with Crippen LogP contribution in [0.15, 0.2) is 36.4 Å². The number of hydrogen-bond donors (Lipinski definition) is 2. The van der Waals surface area contributed by atoms with Crippen LogP contribution in [0.5, 0.6) is 0 Å². The van der Waals surface area contributed by atoms with E-state index in [0.717, 1.165) is 30.3 Å². The molecule has 3 aromatic rings. The van der Waals surface area contributed by atoms with E-state index in [-0.39, 0.29) is 0 Å². The Kier molecular flexibility index (Phi) is 3.50. The molecule has 0 saturated carbocycles. The summed E-state index contributed by atoms with van der Waals surface area (Å²) in [4.78, 5) is 11.6. The van der Waals surface area contributed by atoms with E-state index in [9.17, 15) is 4.79 Å². The molecular weight excluding hydrogens is 322 g/mol. The Labute approximate surface area is 145 Å². The fourth-order valence-electron chi connectivity index (χ4n) is 3.67. The van der Waals surface area contributed by atoms with Crippen molar-refractivity contribution in [3.8, 4) is 0 Å². The van der Waals surface area contributed by atoms with Crippen LogP contribution in [0, 0.1) is 0 Å². The standard InChI is InChI=1S/C19H18ClN3O/c20-16-9-13(21)6-4-12(16)10-23-17-3-1-2-14(17)15-7-5-11(19(22)24)8-18(15)23/h4-9H,1-3,10,21H2,(H2,22,24). The molecule has 0 spiro atoms. The molecule has 0 unspecified atom stereocenters. The molecule has 4 N–H and O–H groups in total. The molecule has 0 bridgehead atoms. The van der Waals surface area contributed by atoms with Crippen LogP contribution in [0.2, 0.25) is 5.02 Å². The molecule has 0 aliphatic heterocycles. The van der Waals surface area contributed by atoms with Crippen LogP contribution in [-0.4, -0.2) is 10.5 Å². The smallest absolute Gasteiger partial charge is 0.248 e. The average Bonchev–Trinajstić information content (AvgIpc) is 3.12. The maximum Gasteiger partial charge on any atom is 0.248 e. The van der Waals surface area contributed by atoms with Crippen LogP contribution in [0.1, 0.15) is 33.6 Å². The number of anilines is 1. The minimum Gasteiger partial charge on any atom is -0.399 e. The van der Waals surface area contributed by atoms with E-state index >= 15 is 0 Å². The van der Waals surface area contributed by atoms with Gasteiger partial charge in [0, 0.05) is 39.4 Å². The van der Waals surface area contributed by atoms with Gasteiger partial charge in [-0.05, 0) is 54.7 Å². The molecule has 2 aromatic carbocycles. The number of carbonyl (C=O) groups excluding carboxylic acids is 1. The lowest BCUT2D eigenvalue weighted by molar-refractivity contribution is 0.100. The summed E-state index contributed by atoms with van der Waals surface area (Å²) in [5, 5.41) is 1.87. The molecule has 24 heavy (non-hydrogen) atoms. The maximum atomic E-state index is 11.6. The van der Waals surface area contributed by atoms with E-state index in [2.05, 4.69) is 4.57 Å². The largest absolute Gasteiger partial charge is 0.399 e. The van der Waals surface area contributed by atoms with Crippen LogP contribution >= 0.6 is 11.6 Å². The van der Waals surface area contributed by atoms with Crippen LogP contribution in [0.25, 0.3) is 10.9 Å². The van der Waals surface area contributed by atoms with E-state index in [1.54, 1.807) is 6.07 Å². The molecule has 1 heterocycles. The number of nitrogens with zero attached hydrogens (tertiary/aromatic N) is 1. The van der Waals surface area contributed by atoms with Crippen molar-refractivity contribution < 1.29 is 4.79 Å². The van der Waals surface area contributed by atoms with Gasteiger partial charge in [0.25, 0.3) is 0 Å². The predicted molar refractivity (Wildman–Crippen MR) is 97.4 cm³/mol. The molecule has 1 aliphatic rings. The predicted octanol–water partition coefficient (Wildman–Crippen LogP) is 3.51. The monoisotopic (exact) mass is 339 g/mol. The number of halogens is 1. The van der Waals surface area contributed by atoms with Crippen LogP contribution in [-0.2, 0) is 19.4 Å². The second-order valence-corrected chi connectivity index (χ2v) is 6.72. The van der Waals surface area contributed by atoms with Gasteiger partial charge in [-0.15, -0.1) is 0 Å². The molecule has 4 rings (SSSR count). The normalized spacial score (nSPS) is 13.4. The van der Waals surface area contributed by atoms with Crippen molar-refractivity contribution in [1.29, 1.82) is 0 Å². The summed E-state index contributed by atoms with van der Waals surface area (Å²) in [5.74, 6) is -0.407. The summed E-state index contributed by atoms with van der Waals surface area (Å²) in [6.45, 7) is 0.660. The van der Waals surface area contributed by atoms with E-state index in [1.807, 2.05) is 30.3 Å². The van der Waals surface area contributed by atoms with Gasteiger partial charge in [-0.25, -0.2) is 0 Å². The summed E-state index contributed by atoms with van der Waals surface area (Å²) >= 11 is 6.36. The van der Waals surface area contributed by atoms with Crippen LogP contribution in [0.3, 0.4) is 0 Å². The van der Waals surface area contributed by atoms with E-state index in [0.29, 0.717) is 22.8 Å². The molecule has 1 aromatic heterocycles. The highest BCUT2D eigenvalue weighted by Crippen LogP contribution is 2.35. The Morgan fingerprint density at radius 2 is 2.00 bits per heavy atom. The molecule has 0 radical (unpaired) electrons. The van der Waals surface area contributed by atoms with Gasteiger partial charge in [-0.3, -0.25) is 4.79 Å². The summed E-state index contributed by atoms with van der Waals surface area (Å²) in [6, 6.07) is 11.3. The Balaban J connectivity index is 1.89. The van der Waals surface area contributed by atoms with Crippen molar-refractivity contribution in [2.75, 3.05) is 5.73 Å². The Morgan fingerprint density at radius 3 is 2.75 bits per heavy atom. The summed E-state index contributed by atoms with van der Waals surface area (Å²) in [7, 11) is 0. The maximum absolute atomic E-state index is 11.6. The third kappa shape index (κ3) is 2.34. The molecule has 5 heteroatoms. The number of rotatable bonds is 3. The molecule has 4 nitrogen and oxygen atoms in total. The first-order valence-electron chi connectivity index (χ1n) is 8.02. The molecule has 0 saturated heterocycles. The topological polar surface area (TPSA) is 74.0 Å². The first-order chi connectivity index (χ1) is 11.5. The van der Waals surface area contributed by atoms with Gasteiger partial charge in [-0.2, -0.15) is 0 Å². The minimum atomic E-state index is -0.407. The van der Waals surface area contributed by atoms with Crippen LogP contribution < -0.4 is 11.5 Å². The fourth-order valence-corrected chi connectivity index (χ4v) is 3.92. The van der Waals surface area contributed by atoms with Crippen molar-refractivity contribution in [3.63, 3.8) is 0 Å². The highest BCUT2D eigenvalue weighted by atomic mass is 35.5. The summed E-state index contributed by atoms with van der Waals surface area (Å²) in [5.41, 5.74) is 17.2. The summed E-state index contributed by atoms with van der Waals surface area (Å²) < 4.78 is 2.27. The van der Waals surface area contributed by atoms with Crippen molar-refractivity contribution in [2.24, 2.45) is 5.73 Å². The zero-order valence-electron chi connectivity index (χ0n) is 13.2. The third-order valence-corrected chi connectivity index (χ3v) is 5.17.